The third-order valence-electron chi connectivity index (χ3n) is 2.90. The van der Waals surface area contributed by atoms with Crippen LogP contribution in [-0.2, 0) is 19.4 Å². The number of anilines is 1. The third-order valence-corrected chi connectivity index (χ3v) is 4.03. The van der Waals surface area contributed by atoms with Crippen LogP contribution < -0.4 is 10.6 Å². The summed E-state index contributed by atoms with van der Waals surface area (Å²) in [6.45, 7) is 0.339. The van der Waals surface area contributed by atoms with E-state index in [0.29, 0.717) is 12.2 Å². The van der Waals surface area contributed by atoms with Gasteiger partial charge in [0.2, 0.25) is 11.8 Å². The molecule has 2 rings (SSSR count). The molecular formula is C12H14N2O4S. The minimum atomic E-state index is -3.24. The molecule has 19 heavy (non-hydrogen) atoms. The quantitative estimate of drug-likeness (QED) is 0.826. The molecule has 7 heteroatoms. The highest BCUT2D eigenvalue weighted by molar-refractivity contribution is 7.90. The van der Waals surface area contributed by atoms with Crippen LogP contribution in [0.15, 0.2) is 29.2 Å². The van der Waals surface area contributed by atoms with E-state index in [9.17, 15) is 18.0 Å². The molecule has 1 aliphatic rings. The van der Waals surface area contributed by atoms with Crippen LogP contribution in [0.4, 0.5) is 5.69 Å². The van der Waals surface area contributed by atoms with E-state index in [-0.39, 0.29) is 29.0 Å². The number of sulfone groups is 1. The first-order valence-electron chi connectivity index (χ1n) is 5.74. The summed E-state index contributed by atoms with van der Waals surface area (Å²) in [5, 5.41) is 5.24. The summed E-state index contributed by atoms with van der Waals surface area (Å²) in [7, 11) is -3.24. The van der Waals surface area contributed by atoms with Crippen molar-refractivity contribution in [3.05, 3.63) is 24.3 Å². The Morgan fingerprint density at radius 3 is 2.42 bits per heavy atom. The minimum Gasteiger partial charge on any atom is -0.355 e. The summed E-state index contributed by atoms with van der Waals surface area (Å²) in [5.74, 6) is -0.750. The van der Waals surface area contributed by atoms with E-state index < -0.39 is 9.84 Å². The Morgan fingerprint density at radius 2 is 1.95 bits per heavy atom. The van der Waals surface area contributed by atoms with Crippen molar-refractivity contribution in [3.63, 3.8) is 0 Å². The van der Waals surface area contributed by atoms with Gasteiger partial charge in [-0.15, -0.1) is 0 Å². The molecule has 1 unspecified atom stereocenters. The topological polar surface area (TPSA) is 92.3 Å². The maximum Gasteiger partial charge on any atom is 0.229 e. The van der Waals surface area contributed by atoms with Crippen molar-refractivity contribution < 1.29 is 18.0 Å². The summed E-state index contributed by atoms with van der Waals surface area (Å²) in [5.41, 5.74) is 0.511. The molecule has 6 nitrogen and oxygen atoms in total. The molecule has 1 aliphatic heterocycles. The predicted molar refractivity (Wildman–Crippen MR) is 69.3 cm³/mol. The highest BCUT2D eigenvalue weighted by Crippen LogP contribution is 2.16. The normalized spacial score (nSPS) is 19.0. The van der Waals surface area contributed by atoms with Crippen LogP contribution in [0.2, 0.25) is 0 Å². The zero-order chi connectivity index (χ0) is 14.0. The molecule has 2 N–H and O–H groups in total. The number of nitrogens with one attached hydrogen (secondary N) is 2. The number of rotatable bonds is 3. The maximum atomic E-state index is 11.8. The predicted octanol–water partition coefficient (Wildman–Crippen LogP) is 0.165. The highest BCUT2D eigenvalue weighted by atomic mass is 32.2. The third kappa shape index (κ3) is 3.31. The molecule has 1 aromatic carbocycles. The molecule has 1 atom stereocenters. The summed E-state index contributed by atoms with van der Waals surface area (Å²) in [6, 6.07) is 5.92. The first kappa shape index (κ1) is 13.5. The van der Waals surface area contributed by atoms with Crippen molar-refractivity contribution in [2.75, 3.05) is 18.1 Å². The smallest absolute Gasteiger partial charge is 0.229 e. The summed E-state index contributed by atoms with van der Waals surface area (Å²) >= 11 is 0. The molecule has 2 amide bonds. The maximum absolute atomic E-state index is 11.8. The van der Waals surface area contributed by atoms with Crippen LogP contribution in [0, 0.1) is 5.92 Å². The number of amides is 2. The largest absolute Gasteiger partial charge is 0.355 e. The molecule has 0 bridgehead atoms. The van der Waals surface area contributed by atoms with E-state index in [1.165, 1.54) is 24.3 Å². The fraction of sp³-hybridized carbons (Fsp3) is 0.333. The second kappa shape index (κ2) is 5.00. The van der Waals surface area contributed by atoms with Gasteiger partial charge in [-0.3, -0.25) is 9.59 Å². The van der Waals surface area contributed by atoms with Crippen molar-refractivity contribution in [1.29, 1.82) is 0 Å². The average Bonchev–Trinajstić information content (AvgIpc) is 2.75. The van der Waals surface area contributed by atoms with Crippen molar-refractivity contribution >= 4 is 27.3 Å². The zero-order valence-electron chi connectivity index (χ0n) is 10.3. The van der Waals surface area contributed by atoms with Crippen LogP contribution in [0.5, 0.6) is 0 Å². The van der Waals surface area contributed by atoms with Gasteiger partial charge in [0, 0.05) is 24.9 Å². The van der Waals surface area contributed by atoms with Gasteiger partial charge in [0.05, 0.1) is 10.8 Å². The SMILES string of the molecule is CS(=O)(=O)c1ccc(NC(=O)C2CNC(=O)C2)cc1. The Kier molecular flexibility index (Phi) is 3.57. The van der Waals surface area contributed by atoms with Gasteiger partial charge in [-0.2, -0.15) is 0 Å². The van der Waals surface area contributed by atoms with Crippen molar-refractivity contribution in [1.82, 2.24) is 5.32 Å². The van der Waals surface area contributed by atoms with Gasteiger partial charge in [0.25, 0.3) is 0 Å². The number of hydrogen-bond donors (Lipinski definition) is 2. The Hall–Kier alpha value is -1.89. The summed E-state index contributed by atoms with van der Waals surface area (Å²) in [6.07, 6.45) is 1.31. The van der Waals surface area contributed by atoms with Gasteiger partial charge in [0.1, 0.15) is 0 Å². The van der Waals surface area contributed by atoms with Gasteiger partial charge in [-0.1, -0.05) is 0 Å². The number of carbonyl (C=O) groups is 2. The first-order valence-corrected chi connectivity index (χ1v) is 7.63. The Bertz CT molecular complexity index is 607. The van der Waals surface area contributed by atoms with E-state index in [4.69, 9.17) is 0 Å². The fourth-order valence-corrected chi connectivity index (χ4v) is 2.45. The molecule has 0 saturated carbocycles. The van der Waals surface area contributed by atoms with Crippen LogP contribution in [0.1, 0.15) is 6.42 Å². The molecule has 0 aliphatic carbocycles. The van der Waals surface area contributed by atoms with Crippen LogP contribution in [0.3, 0.4) is 0 Å². The van der Waals surface area contributed by atoms with Crippen molar-refractivity contribution in [2.45, 2.75) is 11.3 Å². The molecular weight excluding hydrogens is 268 g/mol. The van der Waals surface area contributed by atoms with Crippen LogP contribution in [0.25, 0.3) is 0 Å². The lowest BCUT2D eigenvalue weighted by atomic mass is 10.1. The number of carbonyl (C=O) groups excluding carboxylic acids is 2. The molecule has 1 heterocycles. The lowest BCUT2D eigenvalue weighted by Gasteiger charge is -2.09. The molecule has 1 fully saturated rings. The zero-order valence-corrected chi connectivity index (χ0v) is 11.2. The van der Waals surface area contributed by atoms with E-state index in [0.717, 1.165) is 6.26 Å². The van der Waals surface area contributed by atoms with E-state index >= 15 is 0 Å². The fourth-order valence-electron chi connectivity index (χ4n) is 1.82. The molecule has 102 valence electrons. The minimum absolute atomic E-state index is 0.132. The number of benzene rings is 1. The van der Waals surface area contributed by atoms with Gasteiger partial charge in [-0.05, 0) is 24.3 Å². The number of hydrogen-bond acceptors (Lipinski definition) is 4. The Morgan fingerprint density at radius 1 is 1.32 bits per heavy atom. The molecule has 1 aromatic rings. The molecule has 0 radical (unpaired) electrons. The summed E-state index contributed by atoms with van der Waals surface area (Å²) in [4.78, 5) is 23.0. The van der Waals surface area contributed by atoms with Gasteiger partial charge >= 0.3 is 0 Å². The molecule has 1 saturated heterocycles. The lowest BCUT2D eigenvalue weighted by Crippen LogP contribution is -2.24. The van der Waals surface area contributed by atoms with E-state index in [1.807, 2.05) is 0 Å². The second-order valence-electron chi connectivity index (χ2n) is 4.49. The van der Waals surface area contributed by atoms with E-state index in [2.05, 4.69) is 10.6 Å². The average molecular weight is 282 g/mol. The monoisotopic (exact) mass is 282 g/mol. The highest BCUT2D eigenvalue weighted by Gasteiger charge is 2.27. The second-order valence-corrected chi connectivity index (χ2v) is 6.51. The van der Waals surface area contributed by atoms with Crippen LogP contribution in [-0.4, -0.2) is 33.0 Å². The van der Waals surface area contributed by atoms with Crippen LogP contribution >= 0.6 is 0 Å². The van der Waals surface area contributed by atoms with E-state index in [1.54, 1.807) is 0 Å². The van der Waals surface area contributed by atoms with Gasteiger partial charge < -0.3 is 10.6 Å². The molecule has 0 spiro atoms. The van der Waals surface area contributed by atoms with Crippen molar-refractivity contribution in [3.8, 4) is 0 Å². The first-order chi connectivity index (χ1) is 8.86. The van der Waals surface area contributed by atoms with Crippen molar-refractivity contribution in [2.24, 2.45) is 5.92 Å². The van der Waals surface area contributed by atoms with Gasteiger partial charge in [-0.25, -0.2) is 8.42 Å². The standard InChI is InChI=1S/C12H14N2O4S/c1-19(17,18)10-4-2-9(3-5-10)14-12(16)8-6-11(15)13-7-8/h2-5,8H,6-7H2,1H3,(H,13,15)(H,14,16). The lowest BCUT2D eigenvalue weighted by molar-refractivity contribution is -0.123. The Balaban J connectivity index is 2.04. The van der Waals surface area contributed by atoms with Gasteiger partial charge in [0.15, 0.2) is 9.84 Å². The Labute approximate surface area is 111 Å². The summed E-state index contributed by atoms with van der Waals surface area (Å²) < 4.78 is 22.6. The molecule has 0 aromatic heterocycles.